The Morgan fingerprint density at radius 1 is 0.824 bits per heavy atom. The molecule has 2 fully saturated rings. The van der Waals surface area contributed by atoms with Crippen LogP contribution in [0, 0.1) is 52.9 Å². The van der Waals surface area contributed by atoms with Gasteiger partial charge in [0.15, 0.2) is 17.4 Å². The fraction of sp³-hybridized carbons (Fsp3) is 0.379. The highest BCUT2D eigenvalue weighted by Gasteiger charge is 2.35. The topological polar surface area (TPSA) is 9.23 Å². The van der Waals surface area contributed by atoms with Gasteiger partial charge in [0, 0.05) is 5.56 Å². The Bertz CT molecular complexity index is 1100. The van der Waals surface area contributed by atoms with Crippen LogP contribution in [-0.2, 0) is 0 Å². The Balaban J connectivity index is 1.51. The first-order valence-corrected chi connectivity index (χ1v) is 11.8. The second-order valence-electron chi connectivity index (χ2n) is 9.32. The molecule has 0 aromatic heterocycles. The summed E-state index contributed by atoms with van der Waals surface area (Å²) in [6, 6.07) is 4.66. The molecule has 2 aliphatic carbocycles. The lowest BCUT2D eigenvalue weighted by atomic mass is 9.64. The van der Waals surface area contributed by atoms with Crippen molar-refractivity contribution in [3.63, 3.8) is 0 Å². The van der Waals surface area contributed by atoms with Gasteiger partial charge in [-0.25, -0.2) is 17.6 Å². The van der Waals surface area contributed by atoms with Crippen molar-refractivity contribution in [3.05, 3.63) is 89.5 Å². The van der Waals surface area contributed by atoms with Crippen LogP contribution in [0.4, 0.5) is 17.6 Å². The molecule has 0 bridgehead atoms. The van der Waals surface area contributed by atoms with E-state index >= 15 is 0 Å². The Labute approximate surface area is 198 Å². The van der Waals surface area contributed by atoms with Crippen molar-refractivity contribution in [2.75, 3.05) is 6.61 Å². The van der Waals surface area contributed by atoms with Gasteiger partial charge in [0.2, 0.25) is 0 Å². The molecule has 0 saturated heterocycles. The number of halogens is 4. The second-order valence-corrected chi connectivity index (χ2v) is 9.32. The lowest BCUT2D eigenvalue weighted by Crippen LogP contribution is -2.30. The smallest absolute Gasteiger partial charge is 0.191 e. The van der Waals surface area contributed by atoms with Gasteiger partial charge in [-0.3, -0.25) is 0 Å². The maximum Gasteiger partial charge on any atom is 0.191 e. The lowest BCUT2D eigenvalue weighted by Gasteiger charge is -2.41. The minimum absolute atomic E-state index is 0.0442. The van der Waals surface area contributed by atoms with Crippen LogP contribution < -0.4 is 4.74 Å². The Kier molecular flexibility index (Phi) is 7.46. The number of hydrogen-bond donors (Lipinski definition) is 0. The molecule has 0 radical (unpaired) electrons. The van der Waals surface area contributed by atoms with E-state index in [1.165, 1.54) is 24.6 Å². The predicted octanol–water partition coefficient (Wildman–Crippen LogP) is 7.69. The van der Waals surface area contributed by atoms with E-state index < -0.39 is 34.6 Å². The summed E-state index contributed by atoms with van der Waals surface area (Å²) in [4.78, 5) is 0. The van der Waals surface area contributed by atoms with Crippen LogP contribution in [0.15, 0.2) is 49.6 Å². The van der Waals surface area contributed by atoms with Gasteiger partial charge in [-0.15, -0.1) is 6.58 Å². The zero-order chi connectivity index (χ0) is 24.2. The van der Waals surface area contributed by atoms with Crippen molar-refractivity contribution in [1.29, 1.82) is 0 Å². The largest absolute Gasteiger partial charge is 0.483 e. The molecular weight excluding hydrogens is 440 g/mol. The highest BCUT2D eigenvalue weighted by atomic mass is 19.1. The molecule has 1 nitrogen and oxygen atoms in total. The van der Waals surface area contributed by atoms with Crippen LogP contribution in [0.3, 0.4) is 0 Å². The van der Waals surface area contributed by atoms with Crippen molar-refractivity contribution in [1.82, 2.24) is 0 Å². The van der Waals surface area contributed by atoms with Gasteiger partial charge in [-0.05, 0) is 92.0 Å². The van der Waals surface area contributed by atoms with Gasteiger partial charge in [0.05, 0.1) is 5.56 Å². The predicted molar refractivity (Wildman–Crippen MR) is 125 cm³/mol. The molecule has 0 N–H and O–H groups in total. The molecule has 2 aliphatic rings. The molecule has 2 aromatic carbocycles. The highest BCUT2D eigenvalue weighted by molar-refractivity contribution is 5.47. The molecule has 2 saturated carbocycles. The number of rotatable bonds is 5. The summed E-state index contributed by atoms with van der Waals surface area (Å²) in [5, 5.41) is 0. The van der Waals surface area contributed by atoms with Crippen LogP contribution >= 0.6 is 0 Å². The molecule has 2 aromatic rings. The molecule has 0 amide bonds. The molecule has 5 heteroatoms. The molecule has 4 unspecified atom stereocenters. The van der Waals surface area contributed by atoms with Crippen molar-refractivity contribution >= 4 is 0 Å². The molecular formula is C29H28F4O. The summed E-state index contributed by atoms with van der Waals surface area (Å²) >= 11 is 0. The molecule has 4 rings (SSSR count). The van der Waals surface area contributed by atoms with Crippen LogP contribution in [-0.4, -0.2) is 6.61 Å². The molecule has 178 valence electrons. The Morgan fingerprint density at radius 2 is 1.47 bits per heavy atom. The van der Waals surface area contributed by atoms with Crippen molar-refractivity contribution in [3.8, 4) is 17.6 Å². The third-order valence-electron chi connectivity index (χ3n) is 7.20. The number of ether oxygens (including phenoxy) is 1. The molecule has 0 spiro atoms. The van der Waals surface area contributed by atoms with Crippen LogP contribution in [0.5, 0.6) is 5.75 Å². The summed E-state index contributed by atoms with van der Waals surface area (Å²) in [5.41, 5.74) is 0.208. The van der Waals surface area contributed by atoms with E-state index in [4.69, 9.17) is 4.74 Å². The third kappa shape index (κ3) is 5.22. The first-order valence-electron chi connectivity index (χ1n) is 11.8. The molecule has 0 heterocycles. The second kappa shape index (κ2) is 10.5. The minimum atomic E-state index is -0.944. The van der Waals surface area contributed by atoms with E-state index in [2.05, 4.69) is 31.1 Å². The third-order valence-corrected chi connectivity index (χ3v) is 7.20. The fourth-order valence-corrected chi connectivity index (χ4v) is 5.44. The van der Waals surface area contributed by atoms with Crippen molar-refractivity contribution < 1.29 is 22.3 Å². The van der Waals surface area contributed by atoms with Crippen LogP contribution in [0.2, 0.25) is 0 Å². The quantitative estimate of drug-likeness (QED) is 0.248. The molecule has 34 heavy (non-hydrogen) atoms. The first kappa shape index (κ1) is 24.1. The van der Waals surface area contributed by atoms with Crippen LogP contribution in [0.1, 0.15) is 61.1 Å². The average Bonchev–Trinajstić information content (AvgIpc) is 2.82. The summed E-state index contributed by atoms with van der Waals surface area (Å²) in [6.07, 6.45) is 9.77. The number of hydrogen-bond acceptors (Lipinski definition) is 1. The Morgan fingerprint density at radius 3 is 2.12 bits per heavy atom. The number of allylic oxidation sites excluding steroid dienone is 1. The summed E-state index contributed by atoms with van der Waals surface area (Å²) in [6.45, 7) is 7.30. The lowest BCUT2D eigenvalue weighted by molar-refractivity contribution is 0.133. The van der Waals surface area contributed by atoms with Gasteiger partial charge in [-0.2, -0.15) is 0 Å². The maximum atomic E-state index is 14.8. The molecule has 4 atom stereocenters. The van der Waals surface area contributed by atoms with E-state index in [9.17, 15) is 17.6 Å². The van der Waals surface area contributed by atoms with Gasteiger partial charge < -0.3 is 4.74 Å². The normalized spacial score (nSPS) is 23.9. The van der Waals surface area contributed by atoms with Gasteiger partial charge in [0.25, 0.3) is 0 Å². The first-order chi connectivity index (χ1) is 16.4. The van der Waals surface area contributed by atoms with E-state index in [-0.39, 0.29) is 18.1 Å². The van der Waals surface area contributed by atoms with Gasteiger partial charge >= 0.3 is 0 Å². The van der Waals surface area contributed by atoms with Crippen LogP contribution in [0.25, 0.3) is 0 Å². The minimum Gasteiger partial charge on any atom is -0.483 e. The highest BCUT2D eigenvalue weighted by Crippen LogP contribution is 2.48. The number of fused-ring (bicyclic) bond motifs is 1. The monoisotopic (exact) mass is 468 g/mol. The van der Waals surface area contributed by atoms with E-state index in [1.54, 1.807) is 0 Å². The standard InChI is InChI=1S/C29H28F4O/c1-3-11-34-29-27(32)13-19(14-28(29)33)6-10-24-25(30)16-23(17-26(24)31)22-9-8-20-12-18(4-2)5-7-21(20)15-22/h3-4,13-14,16-18,20-22H,1-2,5,7-9,11-12,15H2. The van der Waals surface area contributed by atoms with Gasteiger partial charge in [-0.1, -0.05) is 30.6 Å². The average molecular weight is 469 g/mol. The van der Waals surface area contributed by atoms with E-state index in [0.29, 0.717) is 23.3 Å². The van der Waals surface area contributed by atoms with E-state index in [1.807, 2.05) is 0 Å². The fourth-order valence-electron chi connectivity index (χ4n) is 5.44. The maximum absolute atomic E-state index is 14.8. The van der Waals surface area contributed by atoms with E-state index in [0.717, 1.165) is 44.2 Å². The van der Waals surface area contributed by atoms with Crippen molar-refractivity contribution in [2.24, 2.45) is 17.8 Å². The summed E-state index contributed by atoms with van der Waals surface area (Å²) in [5.74, 6) is 2.88. The van der Waals surface area contributed by atoms with Gasteiger partial charge in [0.1, 0.15) is 18.2 Å². The Hall–Kier alpha value is -3.00. The molecule has 0 aliphatic heterocycles. The summed E-state index contributed by atoms with van der Waals surface area (Å²) < 4.78 is 62.8. The zero-order valence-electron chi connectivity index (χ0n) is 19.1. The summed E-state index contributed by atoms with van der Waals surface area (Å²) in [7, 11) is 0. The zero-order valence-corrected chi connectivity index (χ0v) is 19.1. The number of benzene rings is 2. The SMILES string of the molecule is C=CCOc1c(F)cc(C#Cc2c(F)cc(C3CCC4CC(C=C)CCC4C3)cc2F)cc1F. The van der Waals surface area contributed by atoms with Crippen molar-refractivity contribution in [2.45, 2.75) is 44.4 Å².